The largest absolute Gasteiger partial charge is 0.454 e. The van der Waals surface area contributed by atoms with Crippen molar-refractivity contribution >= 4 is 6.21 Å². The molecule has 0 radical (unpaired) electrons. The highest BCUT2D eigenvalue weighted by atomic mass is 16.7. The van der Waals surface area contributed by atoms with Crippen LogP contribution in [0.1, 0.15) is 11.1 Å². The summed E-state index contributed by atoms with van der Waals surface area (Å²) in [5.41, 5.74) is 2.07. The lowest BCUT2D eigenvalue weighted by molar-refractivity contribution is 0.173. The minimum Gasteiger partial charge on any atom is -0.454 e. The maximum Gasteiger partial charge on any atom is 0.231 e. The smallest absolute Gasteiger partial charge is 0.231 e. The molecule has 0 saturated carbocycles. The van der Waals surface area contributed by atoms with Crippen molar-refractivity contribution in [2.24, 2.45) is 4.99 Å². The average molecular weight is 283 g/mol. The number of hydrogen-bond acceptors (Lipinski definition) is 5. The summed E-state index contributed by atoms with van der Waals surface area (Å²) in [7, 11) is 0. The Morgan fingerprint density at radius 2 is 1.48 bits per heavy atom. The minimum atomic E-state index is 0.285. The van der Waals surface area contributed by atoms with Crippen molar-refractivity contribution in [2.45, 2.75) is 6.54 Å². The van der Waals surface area contributed by atoms with E-state index in [9.17, 15) is 0 Å². The second kappa shape index (κ2) is 5.01. The Labute approximate surface area is 121 Å². The zero-order valence-electron chi connectivity index (χ0n) is 11.2. The topological polar surface area (TPSA) is 49.3 Å². The molecule has 0 N–H and O–H groups in total. The molecule has 106 valence electrons. The Balaban J connectivity index is 1.46. The van der Waals surface area contributed by atoms with E-state index in [0.717, 1.165) is 34.1 Å². The van der Waals surface area contributed by atoms with Gasteiger partial charge in [0.05, 0.1) is 6.54 Å². The van der Waals surface area contributed by atoms with E-state index in [0.29, 0.717) is 13.3 Å². The van der Waals surface area contributed by atoms with Crippen LogP contribution in [0.5, 0.6) is 23.0 Å². The van der Waals surface area contributed by atoms with Crippen molar-refractivity contribution < 1.29 is 18.9 Å². The van der Waals surface area contributed by atoms with Crippen LogP contribution in [0.25, 0.3) is 0 Å². The number of ether oxygens (including phenoxy) is 4. The summed E-state index contributed by atoms with van der Waals surface area (Å²) < 4.78 is 21.3. The van der Waals surface area contributed by atoms with Gasteiger partial charge in [-0.1, -0.05) is 6.07 Å². The Bertz CT molecular complexity index is 711. The lowest BCUT2D eigenvalue weighted by atomic mass is 10.2. The van der Waals surface area contributed by atoms with E-state index in [2.05, 4.69) is 4.99 Å². The van der Waals surface area contributed by atoms with Gasteiger partial charge >= 0.3 is 0 Å². The maximum absolute atomic E-state index is 5.35. The van der Waals surface area contributed by atoms with Gasteiger partial charge < -0.3 is 18.9 Å². The molecule has 0 amide bonds. The fourth-order valence-corrected chi connectivity index (χ4v) is 2.29. The van der Waals surface area contributed by atoms with Crippen LogP contribution in [0, 0.1) is 0 Å². The molecular weight excluding hydrogens is 270 g/mol. The van der Waals surface area contributed by atoms with Crippen LogP contribution in [0.15, 0.2) is 41.4 Å². The second-order valence-electron chi connectivity index (χ2n) is 4.77. The van der Waals surface area contributed by atoms with Gasteiger partial charge in [0.2, 0.25) is 13.6 Å². The van der Waals surface area contributed by atoms with Crippen LogP contribution in [0.2, 0.25) is 0 Å². The van der Waals surface area contributed by atoms with E-state index < -0.39 is 0 Å². The highest BCUT2D eigenvalue weighted by molar-refractivity contribution is 5.81. The lowest BCUT2D eigenvalue weighted by Gasteiger charge is -2.00. The average Bonchev–Trinajstić information content (AvgIpc) is 3.14. The fraction of sp³-hybridized carbons (Fsp3) is 0.188. The van der Waals surface area contributed by atoms with E-state index in [1.165, 1.54) is 0 Å². The van der Waals surface area contributed by atoms with Crippen LogP contribution < -0.4 is 18.9 Å². The fourth-order valence-electron chi connectivity index (χ4n) is 2.29. The van der Waals surface area contributed by atoms with E-state index in [1.54, 1.807) is 0 Å². The van der Waals surface area contributed by atoms with E-state index in [4.69, 9.17) is 18.9 Å². The third-order valence-corrected chi connectivity index (χ3v) is 3.35. The third kappa shape index (κ3) is 2.38. The highest BCUT2D eigenvalue weighted by Crippen LogP contribution is 2.33. The molecule has 0 aliphatic carbocycles. The number of fused-ring (bicyclic) bond motifs is 2. The third-order valence-electron chi connectivity index (χ3n) is 3.35. The molecule has 0 atom stereocenters. The summed E-state index contributed by atoms with van der Waals surface area (Å²) in [6.45, 7) is 1.16. The van der Waals surface area contributed by atoms with Crippen molar-refractivity contribution in [1.29, 1.82) is 0 Å². The van der Waals surface area contributed by atoms with Crippen molar-refractivity contribution in [3.63, 3.8) is 0 Å². The molecule has 0 bridgehead atoms. The van der Waals surface area contributed by atoms with Crippen LogP contribution in [-0.2, 0) is 6.54 Å². The predicted octanol–water partition coefficient (Wildman–Crippen LogP) is 2.76. The van der Waals surface area contributed by atoms with Gasteiger partial charge in [0.1, 0.15) is 0 Å². The first-order valence-corrected chi connectivity index (χ1v) is 6.66. The monoisotopic (exact) mass is 283 g/mol. The zero-order chi connectivity index (χ0) is 14.1. The zero-order valence-corrected chi connectivity index (χ0v) is 11.2. The molecule has 2 aliphatic heterocycles. The molecule has 5 heteroatoms. The lowest BCUT2D eigenvalue weighted by Crippen LogP contribution is -1.93. The van der Waals surface area contributed by atoms with E-state index in [-0.39, 0.29) is 6.79 Å². The number of benzene rings is 2. The van der Waals surface area contributed by atoms with Gasteiger partial charge in [-0.2, -0.15) is 0 Å². The first-order valence-electron chi connectivity index (χ1n) is 6.66. The van der Waals surface area contributed by atoms with Gasteiger partial charge in [-0.25, -0.2) is 0 Å². The molecule has 0 unspecified atom stereocenters. The molecule has 2 aliphatic rings. The van der Waals surface area contributed by atoms with E-state index in [1.807, 2.05) is 42.6 Å². The van der Waals surface area contributed by atoms with Gasteiger partial charge in [0.15, 0.2) is 23.0 Å². The SMILES string of the molecule is C(=NCc1ccc2c(c1)OCO2)c1ccc2c(c1)OCO2. The molecule has 5 nitrogen and oxygen atoms in total. The van der Waals surface area contributed by atoms with Crippen LogP contribution in [-0.4, -0.2) is 19.8 Å². The van der Waals surface area contributed by atoms with Crippen LogP contribution in [0.3, 0.4) is 0 Å². The number of hydrogen-bond donors (Lipinski definition) is 0. The maximum atomic E-state index is 5.35. The summed E-state index contributed by atoms with van der Waals surface area (Å²) in [6, 6.07) is 11.6. The summed E-state index contributed by atoms with van der Waals surface area (Å²) in [6.07, 6.45) is 1.83. The van der Waals surface area contributed by atoms with Crippen LogP contribution in [0.4, 0.5) is 0 Å². The Hall–Kier alpha value is -2.69. The highest BCUT2D eigenvalue weighted by Gasteiger charge is 2.13. The Morgan fingerprint density at radius 1 is 0.810 bits per heavy atom. The van der Waals surface area contributed by atoms with Crippen molar-refractivity contribution in [1.82, 2.24) is 0 Å². The van der Waals surface area contributed by atoms with Gasteiger partial charge in [0.25, 0.3) is 0 Å². The molecule has 21 heavy (non-hydrogen) atoms. The number of aliphatic imine (C=N–C) groups is 1. The summed E-state index contributed by atoms with van der Waals surface area (Å²) in [4.78, 5) is 4.45. The molecule has 4 rings (SSSR count). The Kier molecular flexibility index (Phi) is 2.88. The quantitative estimate of drug-likeness (QED) is 0.813. The van der Waals surface area contributed by atoms with E-state index >= 15 is 0 Å². The molecule has 0 spiro atoms. The summed E-state index contributed by atoms with van der Waals surface area (Å²) in [5.74, 6) is 3.12. The molecule has 0 aromatic heterocycles. The van der Waals surface area contributed by atoms with Crippen molar-refractivity contribution in [3.05, 3.63) is 47.5 Å². The second-order valence-corrected chi connectivity index (χ2v) is 4.77. The first kappa shape index (κ1) is 12.1. The van der Waals surface area contributed by atoms with Gasteiger partial charge in [-0.05, 0) is 41.5 Å². The van der Waals surface area contributed by atoms with Gasteiger partial charge in [0, 0.05) is 6.21 Å². The normalized spacial score (nSPS) is 14.9. The molecule has 2 heterocycles. The standard InChI is InChI=1S/C16H13NO4/c1-3-13-15(20-9-18-13)5-11(1)7-17-8-12-2-4-14-16(6-12)21-10-19-14/h1-7H,8-10H2. The number of nitrogens with zero attached hydrogens (tertiary/aromatic N) is 1. The molecule has 2 aromatic carbocycles. The molecular formula is C16H13NO4. The van der Waals surface area contributed by atoms with Gasteiger partial charge in [-0.3, -0.25) is 4.99 Å². The first-order chi connectivity index (χ1) is 10.4. The summed E-state index contributed by atoms with van der Waals surface area (Å²) in [5, 5.41) is 0. The van der Waals surface area contributed by atoms with Crippen molar-refractivity contribution in [2.75, 3.05) is 13.6 Å². The predicted molar refractivity (Wildman–Crippen MR) is 76.4 cm³/mol. The molecule has 0 saturated heterocycles. The summed E-state index contributed by atoms with van der Waals surface area (Å²) >= 11 is 0. The number of rotatable bonds is 3. The Morgan fingerprint density at radius 3 is 2.29 bits per heavy atom. The van der Waals surface area contributed by atoms with Gasteiger partial charge in [-0.15, -0.1) is 0 Å². The van der Waals surface area contributed by atoms with Crippen molar-refractivity contribution in [3.8, 4) is 23.0 Å². The van der Waals surface area contributed by atoms with Crippen LogP contribution >= 0.6 is 0 Å². The molecule has 0 fully saturated rings. The minimum absolute atomic E-state index is 0.285. The molecule has 2 aromatic rings.